The second-order valence-corrected chi connectivity index (χ2v) is 16.7. The van der Waals surface area contributed by atoms with Gasteiger partial charge < -0.3 is 35.7 Å². The normalized spacial score (nSPS) is 9.91. The molecule has 15 nitrogen and oxygen atoms in total. The number of phenolic OH excluding ortho intramolecular Hbond substituents is 2. The van der Waals surface area contributed by atoms with Crippen LogP contribution >= 0.6 is 12.4 Å². The van der Waals surface area contributed by atoms with E-state index in [4.69, 9.17) is 14.9 Å². The monoisotopic (exact) mass is 1040 g/mol. The van der Waals surface area contributed by atoms with Crippen LogP contribution in [0.2, 0.25) is 0 Å². The van der Waals surface area contributed by atoms with Crippen molar-refractivity contribution in [1.29, 1.82) is 0 Å². The van der Waals surface area contributed by atoms with E-state index in [-0.39, 0.29) is 102 Å². The molecule has 0 aromatic heterocycles. The minimum Gasteiger partial charge on any atom is -0.507 e. The molecule has 0 fully saturated rings. The van der Waals surface area contributed by atoms with Crippen molar-refractivity contribution < 1.29 is 68.5 Å². The third-order valence-corrected chi connectivity index (χ3v) is 9.63. The maximum Gasteiger partial charge on any atom is 1.00 e. The van der Waals surface area contributed by atoms with Gasteiger partial charge in [0.1, 0.15) is 17.1 Å². The average molecular weight is 1040 g/mol. The number of rotatable bonds is 16. The average Bonchev–Trinajstić information content (AvgIpc) is 3.35. The van der Waals surface area contributed by atoms with Gasteiger partial charge in [0.05, 0.1) is 28.9 Å². The van der Waals surface area contributed by atoms with E-state index in [9.17, 15) is 34.2 Å². The van der Waals surface area contributed by atoms with Gasteiger partial charge in [-0.3, -0.25) is 24.0 Å². The number of amides is 2. The van der Waals surface area contributed by atoms with E-state index in [1.54, 1.807) is 86.6 Å². The summed E-state index contributed by atoms with van der Waals surface area (Å²) in [6, 6.07) is 44.0. The summed E-state index contributed by atoms with van der Waals surface area (Å²) in [5, 5.41) is 42.6. The fraction of sp³-hybridized carbons (Fsp3) is 0.211. The molecule has 0 aliphatic carbocycles. The Bertz CT molecular complexity index is 2780. The van der Waals surface area contributed by atoms with Gasteiger partial charge in [-0.2, -0.15) is 10.2 Å². The number of ether oxygens (including phenoxy) is 1. The van der Waals surface area contributed by atoms with Gasteiger partial charge in [-0.05, 0) is 107 Å². The van der Waals surface area contributed by atoms with E-state index in [1.165, 1.54) is 18.2 Å². The number of carbonyl (C=O) groups is 5. The number of hydrogen-bond acceptors (Lipinski definition) is 13. The molecule has 0 bridgehead atoms. The third-order valence-electron chi connectivity index (χ3n) is 9.63. The summed E-state index contributed by atoms with van der Waals surface area (Å²) in [6.45, 7) is 17.2. The minimum atomic E-state index is -0.460. The zero-order valence-electron chi connectivity index (χ0n) is 41.8. The van der Waals surface area contributed by atoms with Gasteiger partial charge in [0, 0.05) is 35.4 Å². The SMILES string of the molecule is C.C=C(C)C(=O)NCCc1ccc(CC(=O)OC(C)(C)C)cc1.C=C(C)C(=O)NCCc1ccc(N=Nc2ccc(O)c(C(=O)c3ccccc3)c2)cc1.Cl.O=C(c1ccccc1)c1ccccc1O.O=N[O-].[Na+]. The van der Waals surface area contributed by atoms with Crippen molar-refractivity contribution in [3.05, 3.63) is 225 Å². The molecule has 6 aromatic carbocycles. The molecule has 0 saturated heterocycles. The molecule has 0 aliphatic rings. The second kappa shape index (κ2) is 34.7. The number of halogens is 1. The molecule has 0 heterocycles. The van der Waals surface area contributed by atoms with Crippen molar-refractivity contribution >= 4 is 53.1 Å². The van der Waals surface area contributed by atoms with Crippen LogP contribution in [0.4, 0.5) is 11.4 Å². The largest absolute Gasteiger partial charge is 1.00 e. The summed E-state index contributed by atoms with van der Waals surface area (Å²) >= 11 is 0. The Kier molecular flexibility index (Phi) is 31.2. The van der Waals surface area contributed by atoms with E-state index < -0.39 is 5.60 Å². The molecule has 6 rings (SSSR count). The Morgan fingerprint density at radius 2 is 0.959 bits per heavy atom. The fourth-order valence-corrected chi connectivity index (χ4v) is 6.08. The number of esters is 1. The van der Waals surface area contributed by atoms with Gasteiger partial charge in [0.15, 0.2) is 11.6 Å². The Morgan fingerprint density at radius 3 is 1.41 bits per heavy atom. The summed E-state index contributed by atoms with van der Waals surface area (Å²) in [4.78, 5) is 67.1. The molecule has 0 saturated carbocycles. The molecule has 0 spiro atoms. The maximum absolute atomic E-state index is 12.6. The van der Waals surface area contributed by atoms with Crippen LogP contribution < -0.4 is 40.2 Å². The number of hydrogen-bond donors (Lipinski definition) is 4. The van der Waals surface area contributed by atoms with Gasteiger partial charge in [-0.1, -0.05) is 130 Å². The quantitative estimate of drug-likeness (QED) is 0.0136. The van der Waals surface area contributed by atoms with Gasteiger partial charge in [-0.15, -0.1) is 17.7 Å². The number of benzene rings is 6. The smallest absolute Gasteiger partial charge is 0.507 e. The first-order valence-electron chi connectivity index (χ1n) is 22.2. The zero-order valence-corrected chi connectivity index (χ0v) is 44.6. The fourth-order valence-electron chi connectivity index (χ4n) is 6.08. The van der Waals surface area contributed by atoms with Crippen LogP contribution in [-0.4, -0.2) is 58.3 Å². The van der Waals surface area contributed by atoms with E-state index in [1.807, 2.05) is 81.4 Å². The number of aromatic hydroxyl groups is 2. The number of phenols is 2. The first kappa shape index (κ1) is 66.4. The van der Waals surface area contributed by atoms with E-state index in [0.29, 0.717) is 58.7 Å². The molecule has 4 N–H and O–H groups in total. The number of ketones is 2. The van der Waals surface area contributed by atoms with Gasteiger partial charge in [0.2, 0.25) is 11.8 Å². The topological polar surface area (TPSA) is 236 Å². The zero-order chi connectivity index (χ0) is 52.3. The minimum absolute atomic E-state index is 0. The Labute approximate surface area is 461 Å². The summed E-state index contributed by atoms with van der Waals surface area (Å²) in [5.41, 5.74) is 6.31. The molecular weight excluding hydrogens is 973 g/mol. The Balaban J connectivity index is 0.00000109. The van der Waals surface area contributed by atoms with Crippen LogP contribution in [0.3, 0.4) is 0 Å². The molecule has 17 heteroatoms. The predicted octanol–water partition coefficient (Wildman–Crippen LogP) is 9.01. The molecule has 0 aliphatic heterocycles. The molecule has 2 amide bonds. The van der Waals surface area contributed by atoms with Crippen molar-refractivity contribution in [3.63, 3.8) is 0 Å². The molecule has 6 aromatic rings. The number of para-hydroxylation sites is 1. The molecule has 0 unspecified atom stereocenters. The number of azo groups is 1. The van der Waals surface area contributed by atoms with Crippen LogP contribution in [0.1, 0.15) is 90.6 Å². The number of nitrogens with zero attached hydrogens (tertiary/aromatic N) is 3. The van der Waals surface area contributed by atoms with Crippen molar-refractivity contribution in [1.82, 2.24) is 10.6 Å². The van der Waals surface area contributed by atoms with E-state index in [2.05, 4.69) is 34.0 Å². The Hall–Kier alpha value is -7.56. The standard InChI is InChI=1S/C25H23N3O3.C18H25NO3.C13H10O2.CH4.ClH.HNO2.Na/c1-17(2)25(31)26-15-14-18-8-10-20(11-9-18)27-28-21-12-13-23(29)22(16-21)24(30)19-6-4-3-5-7-19;1-13(2)17(21)19-11-10-14-6-8-15(9-7-14)12-16(20)22-18(3,4)5;14-12-9-5-4-8-11(12)13(15)10-6-2-1-3-7-10;;;2-1-3;/h3-13,16,29H,1,14-15H2,2H3,(H,26,31);6-9H,1,10-12H2,2-5H3,(H,19,21);1-9,14H;1H4;1H;(H,2,3);/q;;;;;;+1/p-1. The first-order chi connectivity index (χ1) is 33.8. The van der Waals surface area contributed by atoms with Crippen molar-refractivity contribution in [2.75, 3.05) is 13.1 Å². The maximum atomic E-state index is 12.6. The molecule has 384 valence electrons. The summed E-state index contributed by atoms with van der Waals surface area (Å²) in [7, 11) is 0. The molecule has 74 heavy (non-hydrogen) atoms. The van der Waals surface area contributed by atoms with Gasteiger partial charge in [0.25, 0.3) is 0 Å². The van der Waals surface area contributed by atoms with Crippen LogP contribution in [0.15, 0.2) is 192 Å². The van der Waals surface area contributed by atoms with Gasteiger partial charge >= 0.3 is 35.5 Å². The number of carbonyl (C=O) groups excluding carboxylic acids is 5. The van der Waals surface area contributed by atoms with Crippen LogP contribution in [0, 0.1) is 10.1 Å². The van der Waals surface area contributed by atoms with Crippen molar-refractivity contribution in [2.24, 2.45) is 15.6 Å². The second-order valence-electron chi connectivity index (χ2n) is 16.7. The Morgan fingerprint density at radius 1 is 0.581 bits per heavy atom. The van der Waals surface area contributed by atoms with Crippen LogP contribution in [0.5, 0.6) is 11.5 Å². The summed E-state index contributed by atoms with van der Waals surface area (Å²) in [6.07, 6.45) is 1.70. The summed E-state index contributed by atoms with van der Waals surface area (Å²) in [5.74, 6) is -1.02. The third kappa shape index (κ3) is 24.7. The van der Waals surface area contributed by atoms with Crippen molar-refractivity contribution in [3.8, 4) is 11.5 Å². The van der Waals surface area contributed by atoms with Crippen LogP contribution in [0.25, 0.3) is 0 Å². The molecule has 0 radical (unpaired) electrons. The van der Waals surface area contributed by atoms with Crippen molar-refractivity contribution in [2.45, 2.75) is 66.9 Å². The van der Waals surface area contributed by atoms with Crippen LogP contribution in [-0.2, 0) is 38.4 Å². The number of nitrogens with one attached hydrogen (secondary N) is 2. The first-order valence-corrected chi connectivity index (χ1v) is 22.2. The summed E-state index contributed by atoms with van der Waals surface area (Å²) < 4.78 is 5.29. The van der Waals surface area contributed by atoms with E-state index >= 15 is 0 Å². The molecular formula is C57H63ClN5NaO10. The van der Waals surface area contributed by atoms with E-state index in [0.717, 1.165) is 28.5 Å². The van der Waals surface area contributed by atoms with Gasteiger partial charge in [-0.25, -0.2) is 0 Å². The predicted molar refractivity (Wildman–Crippen MR) is 289 cm³/mol. The molecule has 0 atom stereocenters.